The minimum atomic E-state index is -0.330. The summed E-state index contributed by atoms with van der Waals surface area (Å²) in [5, 5.41) is 27.2. The summed E-state index contributed by atoms with van der Waals surface area (Å²) >= 11 is 0. The molecule has 3 N–H and O–H groups in total. The van der Waals surface area contributed by atoms with Crippen LogP contribution in [0.25, 0.3) is 0 Å². The van der Waals surface area contributed by atoms with Gasteiger partial charge in [0.1, 0.15) is 0 Å². The van der Waals surface area contributed by atoms with E-state index in [1.54, 1.807) is 0 Å². The van der Waals surface area contributed by atoms with Gasteiger partial charge < -0.3 is 15.4 Å². The van der Waals surface area contributed by atoms with E-state index in [0.717, 1.165) is 0 Å². The van der Waals surface area contributed by atoms with Gasteiger partial charge in [-0.05, 0) is 12.3 Å². The first-order valence-electron chi connectivity index (χ1n) is 3.84. The zero-order valence-corrected chi connectivity index (χ0v) is 7.15. The molecular weight excluding hydrogens is 158 g/mol. The Kier molecular flexibility index (Phi) is 2.17. The van der Waals surface area contributed by atoms with Crippen molar-refractivity contribution in [3.8, 4) is 11.8 Å². The van der Waals surface area contributed by atoms with Gasteiger partial charge in [0.25, 0.3) is 0 Å². The fourth-order valence-corrected chi connectivity index (χ4v) is 1.12. The van der Waals surface area contributed by atoms with Crippen molar-refractivity contribution in [1.29, 1.82) is 0 Å². The maximum Gasteiger partial charge on any atom is 0.232 e. The molecule has 0 atom stereocenters. The van der Waals surface area contributed by atoms with Gasteiger partial charge >= 0.3 is 0 Å². The van der Waals surface area contributed by atoms with Gasteiger partial charge in [0, 0.05) is 11.6 Å². The van der Waals surface area contributed by atoms with Crippen LogP contribution in [0.15, 0.2) is 6.07 Å². The second kappa shape index (κ2) is 2.97. The summed E-state index contributed by atoms with van der Waals surface area (Å²) in [7, 11) is 0. The Balaban J connectivity index is 2.93. The van der Waals surface area contributed by atoms with E-state index in [4.69, 9.17) is 10.3 Å². The molecule has 1 rings (SSSR count). The Morgan fingerprint density at radius 2 is 2.00 bits per heavy atom. The maximum atomic E-state index is 9.22. The Labute approximate surface area is 70.6 Å². The molecule has 0 aliphatic carbocycles. The van der Waals surface area contributed by atoms with E-state index in [9.17, 15) is 5.11 Å². The molecule has 0 unspecified atom stereocenters. The highest BCUT2D eigenvalue weighted by Crippen LogP contribution is 2.27. The third kappa shape index (κ3) is 1.47. The lowest BCUT2D eigenvalue weighted by molar-refractivity contribution is 0.130. The average Bonchev–Trinajstić information content (AvgIpc) is 2.17. The molecule has 0 saturated heterocycles. The highest BCUT2D eigenvalue weighted by atomic mass is 16.5. The van der Waals surface area contributed by atoms with Crippen molar-refractivity contribution in [3.05, 3.63) is 11.6 Å². The van der Waals surface area contributed by atoms with Crippen LogP contribution in [0.2, 0.25) is 0 Å². The standard InChI is InChI=1S/C8H13NO3/c1-5(2)3-6-4-7(10)9(12)8(6)11/h4-5,10-12H,3H2,1-2H3. The number of aromatic nitrogens is 1. The molecule has 0 bridgehead atoms. The van der Waals surface area contributed by atoms with Crippen LogP contribution in [0.4, 0.5) is 0 Å². The molecule has 0 aliphatic rings. The van der Waals surface area contributed by atoms with Crippen molar-refractivity contribution in [2.45, 2.75) is 20.3 Å². The van der Waals surface area contributed by atoms with Crippen LogP contribution in [-0.2, 0) is 6.42 Å². The van der Waals surface area contributed by atoms with Crippen LogP contribution in [0.5, 0.6) is 11.8 Å². The number of hydrogen-bond donors (Lipinski definition) is 3. The van der Waals surface area contributed by atoms with Crippen LogP contribution >= 0.6 is 0 Å². The number of nitrogens with zero attached hydrogens (tertiary/aromatic N) is 1. The van der Waals surface area contributed by atoms with Crippen LogP contribution < -0.4 is 0 Å². The van der Waals surface area contributed by atoms with E-state index in [1.807, 2.05) is 13.8 Å². The molecule has 1 aromatic heterocycles. The first-order valence-corrected chi connectivity index (χ1v) is 3.84. The van der Waals surface area contributed by atoms with E-state index in [-0.39, 0.29) is 11.8 Å². The topological polar surface area (TPSA) is 65.6 Å². The van der Waals surface area contributed by atoms with Crippen molar-refractivity contribution in [3.63, 3.8) is 0 Å². The van der Waals surface area contributed by atoms with Crippen molar-refractivity contribution in [2.75, 3.05) is 0 Å². The van der Waals surface area contributed by atoms with Gasteiger partial charge in [-0.15, -0.1) is 4.73 Å². The van der Waals surface area contributed by atoms with Crippen LogP contribution in [0.1, 0.15) is 19.4 Å². The van der Waals surface area contributed by atoms with Crippen LogP contribution in [0, 0.1) is 5.92 Å². The smallest absolute Gasteiger partial charge is 0.232 e. The molecule has 0 saturated carbocycles. The van der Waals surface area contributed by atoms with Gasteiger partial charge in [-0.3, -0.25) is 0 Å². The van der Waals surface area contributed by atoms with Crippen LogP contribution in [-0.4, -0.2) is 20.2 Å². The molecule has 12 heavy (non-hydrogen) atoms. The second-order valence-electron chi connectivity index (χ2n) is 3.26. The normalized spacial score (nSPS) is 10.9. The van der Waals surface area contributed by atoms with Gasteiger partial charge in [-0.2, -0.15) is 0 Å². The minimum Gasteiger partial charge on any atom is -0.492 e. The van der Waals surface area contributed by atoms with Gasteiger partial charge in [0.15, 0.2) is 0 Å². The molecule has 1 heterocycles. The zero-order valence-electron chi connectivity index (χ0n) is 7.15. The summed E-state index contributed by atoms with van der Waals surface area (Å²) < 4.78 is 0.373. The van der Waals surface area contributed by atoms with E-state index in [2.05, 4.69) is 0 Å². The summed E-state index contributed by atoms with van der Waals surface area (Å²) in [6.45, 7) is 3.98. The second-order valence-corrected chi connectivity index (χ2v) is 3.26. The average molecular weight is 171 g/mol. The van der Waals surface area contributed by atoms with E-state index >= 15 is 0 Å². The maximum absolute atomic E-state index is 9.22. The third-order valence-electron chi connectivity index (χ3n) is 1.64. The van der Waals surface area contributed by atoms with Gasteiger partial charge in [0.2, 0.25) is 11.8 Å². The monoisotopic (exact) mass is 171 g/mol. The molecule has 0 spiro atoms. The molecular formula is C8H13NO3. The fourth-order valence-electron chi connectivity index (χ4n) is 1.12. The van der Waals surface area contributed by atoms with Crippen LogP contribution in [0.3, 0.4) is 0 Å². The molecule has 0 aliphatic heterocycles. The van der Waals surface area contributed by atoms with Crippen molar-refractivity contribution < 1.29 is 15.4 Å². The Hall–Kier alpha value is -1.32. The van der Waals surface area contributed by atoms with Gasteiger partial charge in [-0.1, -0.05) is 13.8 Å². The molecule has 0 fully saturated rings. The minimum absolute atomic E-state index is 0.277. The highest BCUT2D eigenvalue weighted by Gasteiger charge is 2.13. The predicted molar refractivity (Wildman–Crippen MR) is 43.5 cm³/mol. The number of rotatable bonds is 2. The molecule has 68 valence electrons. The Morgan fingerprint density at radius 3 is 2.33 bits per heavy atom. The quantitative estimate of drug-likeness (QED) is 0.588. The van der Waals surface area contributed by atoms with E-state index < -0.39 is 0 Å². The van der Waals surface area contributed by atoms with Crippen molar-refractivity contribution in [1.82, 2.24) is 4.73 Å². The van der Waals surface area contributed by atoms with E-state index in [0.29, 0.717) is 22.6 Å². The summed E-state index contributed by atoms with van der Waals surface area (Å²) in [5.41, 5.74) is 0.560. The Morgan fingerprint density at radius 1 is 1.42 bits per heavy atom. The predicted octanol–water partition coefficient (Wildman–Crippen LogP) is 1.34. The first-order chi connectivity index (χ1) is 5.52. The lowest BCUT2D eigenvalue weighted by Gasteiger charge is -2.01. The SMILES string of the molecule is CC(C)Cc1cc(O)n(O)c1O. The highest BCUT2D eigenvalue weighted by molar-refractivity contribution is 5.34. The summed E-state index contributed by atoms with van der Waals surface area (Å²) in [6.07, 6.45) is 0.632. The van der Waals surface area contributed by atoms with E-state index in [1.165, 1.54) is 6.07 Å². The summed E-state index contributed by atoms with van der Waals surface area (Å²) in [6, 6.07) is 1.36. The lowest BCUT2D eigenvalue weighted by atomic mass is 10.1. The fraction of sp³-hybridized carbons (Fsp3) is 0.500. The molecule has 4 nitrogen and oxygen atoms in total. The Bertz CT molecular complexity index is 278. The van der Waals surface area contributed by atoms with Crippen molar-refractivity contribution in [2.24, 2.45) is 5.92 Å². The molecule has 0 aromatic carbocycles. The van der Waals surface area contributed by atoms with Crippen molar-refractivity contribution >= 4 is 0 Å². The van der Waals surface area contributed by atoms with Gasteiger partial charge in [-0.25, -0.2) is 0 Å². The summed E-state index contributed by atoms with van der Waals surface area (Å²) in [4.78, 5) is 0. The summed E-state index contributed by atoms with van der Waals surface area (Å²) in [5.74, 6) is -0.234. The molecule has 1 aromatic rings. The largest absolute Gasteiger partial charge is 0.492 e. The number of hydrogen-bond acceptors (Lipinski definition) is 3. The molecule has 0 amide bonds. The first kappa shape index (κ1) is 8.77. The molecule has 0 radical (unpaired) electrons. The molecule has 4 heteroatoms. The van der Waals surface area contributed by atoms with Gasteiger partial charge in [0.05, 0.1) is 0 Å². The lowest BCUT2D eigenvalue weighted by Crippen LogP contribution is -1.93. The third-order valence-corrected chi connectivity index (χ3v) is 1.64. The zero-order chi connectivity index (χ0) is 9.30. The number of aromatic hydroxyl groups is 2.